The summed E-state index contributed by atoms with van der Waals surface area (Å²) in [6.45, 7) is 2.81. The van der Waals surface area contributed by atoms with Crippen LogP contribution in [0.1, 0.15) is 18.4 Å². The van der Waals surface area contributed by atoms with E-state index in [1.165, 1.54) is 0 Å². The first-order valence-corrected chi connectivity index (χ1v) is 10.5. The van der Waals surface area contributed by atoms with E-state index in [1.807, 2.05) is 42.5 Å². The molecule has 1 aromatic heterocycles. The van der Waals surface area contributed by atoms with Crippen LogP contribution in [0.25, 0.3) is 11.1 Å². The van der Waals surface area contributed by atoms with E-state index in [2.05, 4.69) is 20.5 Å². The maximum Gasteiger partial charge on any atom is 0.315 e. The number of para-hydroxylation sites is 2. The molecule has 2 heterocycles. The molecular weight excluding hydrogens is 396 g/mol. The quantitative estimate of drug-likeness (QED) is 0.603. The molecule has 0 atom stereocenters. The van der Waals surface area contributed by atoms with Crippen LogP contribution in [0.15, 0.2) is 46.9 Å². The number of urea groups is 1. The fourth-order valence-corrected chi connectivity index (χ4v) is 3.80. The van der Waals surface area contributed by atoms with Gasteiger partial charge in [-0.05, 0) is 48.6 Å². The molecule has 0 aliphatic carbocycles. The molecule has 1 aliphatic heterocycles. The molecule has 0 unspecified atom stereocenters. The fourth-order valence-electron chi connectivity index (χ4n) is 3.80. The molecule has 2 amide bonds. The van der Waals surface area contributed by atoms with E-state index in [0.717, 1.165) is 42.6 Å². The van der Waals surface area contributed by atoms with Gasteiger partial charge in [-0.1, -0.05) is 18.2 Å². The van der Waals surface area contributed by atoms with Crippen molar-refractivity contribution in [3.05, 3.63) is 48.0 Å². The summed E-state index contributed by atoms with van der Waals surface area (Å²) in [5.41, 5.74) is 2.64. The van der Waals surface area contributed by atoms with Crippen LogP contribution in [0.5, 0.6) is 11.5 Å². The summed E-state index contributed by atoms with van der Waals surface area (Å²) in [4.78, 5) is 19.0. The van der Waals surface area contributed by atoms with Gasteiger partial charge < -0.3 is 29.4 Å². The Bertz CT molecular complexity index is 994. The zero-order valence-corrected chi connectivity index (χ0v) is 17.9. The van der Waals surface area contributed by atoms with Crippen molar-refractivity contribution >= 4 is 23.1 Å². The molecule has 1 fully saturated rings. The van der Waals surface area contributed by atoms with Gasteiger partial charge in [0.1, 0.15) is 5.52 Å². The van der Waals surface area contributed by atoms with Crippen molar-refractivity contribution in [3.8, 4) is 11.5 Å². The van der Waals surface area contributed by atoms with E-state index < -0.39 is 0 Å². The van der Waals surface area contributed by atoms with Crippen LogP contribution < -0.4 is 25.0 Å². The highest BCUT2D eigenvalue weighted by molar-refractivity contribution is 5.74. The van der Waals surface area contributed by atoms with E-state index >= 15 is 0 Å². The lowest BCUT2D eigenvalue weighted by atomic mass is 9.97. The van der Waals surface area contributed by atoms with Gasteiger partial charge >= 0.3 is 6.03 Å². The molecule has 3 aromatic rings. The Morgan fingerprint density at radius 2 is 1.87 bits per heavy atom. The average molecular weight is 425 g/mol. The van der Waals surface area contributed by atoms with Gasteiger partial charge in [0, 0.05) is 26.2 Å². The third kappa shape index (κ3) is 5.02. The highest BCUT2D eigenvalue weighted by atomic mass is 16.5. The van der Waals surface area contributed by atoms with Crippen molar-refractivity contribution in [3.63, 3.8) is 0 Å². The molecule has 2 N–H and O–H groups in total. The average Bonchev–Trinajstić information content (AvgIpc) is 3.26. The molecule has 1 saturated heterocycles. The van der Waals surface area contributed by atoms with Crippen molar-refractivity contribution in [1.29, 1.82) is 0 Å². The molecule has 31 heavy (non-hydrogen) atoms. The smallest absolute Gasteiger partial charge is 0.315 e. The predicted octanol–water partition coefficient (Wildman–Crippen LogP) is 3.56. The van der Waals surface area contributed by atoms with Crippen LogP contribution in [-0.2, 0) is 6.54 Å². The SMILES string of the molecule is COc1ccc(CNC(=O)NCC2CCN(c3nc4ccccc4o3)CC2)cc1OC. The third-order valence-electron chi connectivity index (χ3n) is 5.62. The zero-order chi connectivity index (χ0) is 21.6. The minimum Gasteiger partial charge on any atom is -0.493 e. The number of aromatic nitrogens is 1. The molecule has 1 aliphatic rings. The second-order valence-electron chi connectivity index (χ2n) is 7.65. The molecule has 164 valence electrons. The lowest BCUT2D eigenvalue weighted by Crippen LogP contribution is -2.41. The first kappa shape index (κ1) is 20.8. The van der Waals surface area contributed by atoms with E-state index in [0.29, 0.717) is 36.5 Å². The minimum atomic E-state index is -0.170. The molecule has 2 aromatic carbocycles. The van der Waals surface area contributed by atoms with Crippen LogP contribution >= 0.6 is 0 Å². The monoisotopic (exact) mass is 424 g/mol. The van der Waals surface area contributed by atoms with Crippen molar-refractivity contribution in [2.24, 2.45) is 5.92 Å². The molecule has 8 nitrogen and oxygen atoms in total. The molecule has 8 heteroatoms. The Balaban J connectivity index is 1.20. The lowest BCUT2D eigenvalue weighted by Gasteiger charge is -2.30. The van der Waals surface area contributed by atoms with Gasteiger partial charge in [-0.3, -0.25) is 0 Å². The van der Waals surface area contributed by atoms with Gasteiger partial charge in [0.05, 0.1) is 14.2 Å². The number of fused-ring (bicyclic) bond motifs is 1. The maximum absolute atomic E-state index is 12.2. The molecule has 0 radical (unpaired) electrons. The van der Waals surface area contributed by atoms with Gasteiger partial charge in [0.15, 0.2) is 17.1 Å². The Labute approximate surface area is 181 Å². The number of rotatable bonds is 7. The van der Waals surface area contributed by atoms with Gasteiger partial charge in [0.2, 0.25) is 0 Å². The predicted molar refractivity (Wildman–Crippen MR) is 119 cm³/mol. The second-order valence-corrected chi connectivity index (χ2v) is 7.65. The van der Waals surface area contributed by atoms with Crippen molar-refractivity contribution in [1.82, 2.24) is 15.6 Å². The number of oxazole rings is 1. The van der Waals surface area contributed by atoms with E-state index in [1.54, 1.807) is 14.2 Å². The van der Waals surface area contributed by atoms with Crippen LogP contribution in [0.3, 0.4) is 0 Å². The van der Waals surface area contributed by atoms with Gasteiger partial charge in [-0.2, -0.15) is 4.98 Å². The number of ether oxygens (including phenoxy) is 2. The number of carbonyl (C=O) groups is 1. The Morgan fingerprint density at radius 3 is 2.61 bits per heavy atom. The fraction of sp³-hybridized carbons (Fsp3) is 0.391. The molecule has 4 rings (SSSR count). The second kappa shape index (κ2) is 9.59. The summed E-state index contributed by atoms with van der Waals surface area (Å²) in [7, 11) is 3.19. The number of nitrogens with zero attached hydrogens (tertiary/aromatic N) is 2. The van der Waals surface area contributed by atoms with Gasteiger partial charge in [0.25, 0.3) is 6.01 Å². The summed E-state index contributed by atoms with van der Waals surface area (Å²) >= 11 is 0. The van der Waals surface area contributed by atoms with E-state index in [-0.39, 0.29) is 6.03 Å². The number of nitrogens with one attached hydrogen (secondary N) is 2. The Morgan fingerprint density at radius 1 is 1.10 bits per heavy atom. The number of methoxy groups -OCH3 is 2. The summed E-state index contributed by atoms with van der Waals surface area (Å²) in [5, 5.41) is 5.88. The zero-order valence-electron chi connectivity index (χ0n) is 17.9. The van der Waals surface area contributed by atoms with Crippen LogP contribution in [-0.4, -0.2) is 44.9 Å². The minimum absolute atomic E-state index is 0.170. The molecule has 0 bridgehead atoms. The van der Waals surface area contributed by atoms with Gasteiger partial charge in [-0.25, -0.2) is 4.79 Å². The number of carbonyl (C=O) groups excluding carboxylic acids is 1. The van der Waals surface area contributed by atoms with Crippen LogP contribution in [0, 0.1) is 5.92 Å². The first-order chi connectivity index (χ1) is 15.2. The highest BCUT2D eigenvalue weighted by Crippen LogP contribution is 2.28. The number of anilines is 1. The first-order valence-electron chi connectivity index (χ1n) is 10.5. The number of piperidine rings is 1. The van der Waals surface area contributed by atoms with E-state index in [4.69, 9.17) is 13.9 Å². The van der Waals surface area contributed by atoms with Gasteiger partial charge in [-0.15, -0.1) is 0 Å². The summed E-state index contributed by atoms with van der Waals surface area (Å²) in [5.74, 6) is 1.75. The molecule has 0 saturated carbocycles. The molecular formula is C23H28N4O4. The Hall–Kier alpha value is -3.42. The van der Waals surface area contributed by atoms with Crippen LogP contribution in [0.4, 0.5) is 10.8 Å². The third-order valence-corrected chi connectivity index (χ3v) is 5.62. The van der Waals surface area contributed by atoms with Crippen LogP contribution in [0.2, 0.25) is 0 Å². The standard InChI is InChI=1S/C23H28N4O4/c1-29-20-8-7-17(13-21(20)30-2)15-25-22(28)24-14-16-9-11-27(12-10-16)23-26-18-5-3-4-6-19(18)31-23/h3-8,13,16H,9-12,14-15H2,1-2H3,(H2,24,25,28). The number of amides is 2. The number of benzene rings is 2. The normalized spacial score (nSPS) is 14.5. The molecule has 0 spiro atoms. The Kier molecular flexibility index (Phi) is 6.45. The summed E-state index contributed by atoms with van der Waals surface area (Å²) in [6.07, 6.45) is 1.96. The summed E-state index contributed by atoms with van der Waals surface area (Å²) < 4.78 is 16.4. The maximum atomic E-state index is 12.2. The lowest BCUT2D eigenvalue weighted by molar-refractivity contribution is 0.237. The van der Waals surface area contributed by atoms with E-state index in [9.17, 15) is 4.79 Å². The van der Waals surface area contributed by atoms with Crippen molar-refractivity contribution in [2.45, 2.75) is 19.4 Å². The number of hydrogen-bond acceptors (Lipinski definition) is 6. The number of hydrogen-bond donors (Lipinski definition) is 2. The highest BCUT2D eigenvalue weighted by Gasteiger charge is 2.23. The van der Waals surface area contributed by atoms with Crippen molar-refractivity contribution < 1.29 is 18.7 Å². The summed E-state index contributed by atoms with van der Waals surface area (Å²) in [6, 6.07) is 13.9. The van der Waals surface area contributed by atoms with Crippen molar-refractivity contribution in [2.75, 3.05) is 38.8 Å². The topological polar surface area (TPSA) is 88.9 Å². The largest absolute Gasteiger partial charge is 0.493 e.